The van der Waals surface area contributed by atoms with Crippen LogP contribution in [-0.2, 0) is 4.79 Å². The fourth-order valence-electron chi connectivity index (χ4n) is 2.32. The van der Waals surface area contributed by atoms with Crippen molar-refractivity contribution in [1.82, 2.24) is 10.6 Å². The first-order valence-corrected chi connectivity index (χ1v) is 7.14. The van der Waals surface area contributed by atoms with Gasteiger partial charge in [-0.1, -0.05) is 35.0 Å². The van der Waals surface area contributed by atoms with Gasteiger partial charge in [-0.15, -0.1) is 0 Å². The molecule has 3 atom stereocenters. The monoisotopic (exact) mass is 310 g/mol. The summed E-state index contributed by atoms with van der Waals surface area (Å²) in [6.45, 7) is 5.87. The molecule has 4 heteroatoms. The first-order valence-electron chi connectivity index (χ1n) is 6.34. The number of nitrogens with one attached hydrogen (secondary N) is 2. The maximum atomic E-state index is 12.1. The molecular weight excluding hydrogens is 292 g/mol. The normalized spacial score (nSPS) is 24.8. The number of carbonyl (C=O) groups is 1. The Morgan fingerprint density at radius 1 is 1.39 bits per heavy atom. The Kier molecular flexibility index (Phi) is 4.40. The van der Waals surface area contributed by atoms with Crippen LogP contribution in [-0.4, -0.2) is 19.0 Å². The van der Waals surface area contributed by atoms with Crippen LogP contribution in [0.5, 0.6) is 0 Å². The maximum absolute atomic E-state index is 12.1. The van der Waals surface area contributed by atoms with Crippen molar-refractivity contribution in [3.8, 4) is 0 Å². The van der Waals surface area contributed by atoms with Crippen LogP contribution in [0.1, 0.15) is 25.5 Å². The highest BCUT2D eigenvalue weighted by Gasteiger charge is 2.30. The Labute approximate surface area is 116 Å². The third-order valence-electron chi connectivity index (χ3n) is 3.58. The van der Waals surface area contributed by atoms with E-state index < -0.39 is 0 Å². The second kappa shape index (κ2) is 5.85. The molecule has 0 aromatic heterocycles. The number of rotatable bonds is 3. The van der Waals surface area contributed by atoms with E-state index in [1.54, 1.807) is 0 Å². The molecule has 0 aliphatic carbocycles. The molecule has 1 aromatic rings. The van der Waals surface area contributed by atoms with Crippen molar-refractivity contribution in [3.63, 3.8) is 0 Å². The molecule has 98 valence electrons. The number of halogens is 1. The fourth-order valence-corrected chi connectivity index (χ4v) is 2.58. The maximum Gasteiger partial charge on any atom is 0.225 e. The Bertz CT molecular complexity index is 418. The molecule has 2 rings (SSSR count). The largest absolute Gasteiger partial charge is 0.349 e. The van der Waals surface area contributed by atoms with E-state index in [1.165, 1.54) is 0 Å². The Balaban J connectivity index is 1.96. The fraction of sp³-hybridized carbons (Fsp3) is 0.500. The molecule has 18 heavy (non-hydrogen) atoms. The average molecular weight is 311 g/mol. The third-order valence-corrected chi connectivity index (χ3v) is 4.11. The van der Waals surface area contributed by atoms with Crippen LogP contribution in [0.4, 0.5) is 0 Å². The summed E-state index contributed by atoms with van der Waals surface area (Å²) >= 11 is 3.41. The van der Waals surface area contributed by atoms with Gasteiger partial charge in [0.15, 0.2) is 0 Å². The van der Waals surface area contributed by atoms with E-state index in [0.717, 1.165) is 23.1 Å². The molecular formula is C14H19BrN2O. The predicted octanol–water partition coefficient (Wildman–Crippen LogP) is 2.48. The molecule has 1 amide bonds. The Morgan fingerprint density at radius 3 is 2.61 bits per heavy atom. The van der Waals surface area contributed by atoms with Crippen LogP contribution in [0.15, 0.2) is 28.7 Å². The van der Waals surface area contributed by atoms with Gasteiger partial charge in [0.25, 0.3) is 0 Å². The highest BCUT2D eigenvalue weighted by Crippen LogP contribution is 2.20. The second-order valence-corrected chi connectivity index (χ2v) is 5.94. The van der Waals surface area contributed by atoms with Crippen LogP contribution in [0.3, 0.4) is 0 Å². The SMILES string of the molecule is CC1CNCC1C(=O)N[C@@H](C)c1ccc(Br)cc1. The van der Waals surface area contributed by atoms with Gasteiger partial charge in [0, 0.05) is 11.0 Å². The topological polar surface area (TPSA) is 41.1 Å². The summed E-state index contributed by atoms with van der Waals surface area (Å²) in [5, 5.41) is 6.35. The summed E-state index contributed by atoms with van der Waals surface area (Å²) < 4.78 is 1.05. The zero-order chi connectivity index (χ0) is 13.1. The van der Waals surface area contributed by atoms with E-state index in [0.29, 0.717) is 5.92 Å². The van der Waals surface area contributed by atoms with Crippen molar-refractivity contribution in [2.24, 2.45) is 11.8 Å². The van der Waals surface area contributed by atoms with E-state index in [9.17, 15) is 4.79 Å². The van der Waals surface area contributed by atoms with Crippen molar-refractivity contribution in [1.29, 1.82) is 0 Å². The average Bonchev–Trinajstić information content (AvgIpc) is 2.76. The second-order valence-electron chi connectivity index (χ2n) is 5.02. The minimum absolute atomic E-state index is 0.0541. The van der Waals surface area contributed by atoms with Gasteiger partial charge in [0.2, 0.25) is 5.91 Å². The van der Waals surface area contributed by atoms with Crippen LogP contribution in [0.2, 0.25) is 0 Å². The van der Waals surface area contributed by atoms with Gasteiger partial charge in [0.1, 0.15) is 0 Å². The summed E-state index contributed by atoms with van der Waals surface area (Å²) in [7, 11) is 0. The first kappa shape index (κ1) is 13.6. The third kappa shape index (κ3) is 3.12. The van der Waals surface area contributed by atoms with Gasteiger partial charge in [0.05, 0.1) is 12.0 Å². The number of carbonyl (C=O) groups excluding carboxylic acids is 1. The molecule has 0 spiro atoms. The Hall–Kier alpha value is -0.870. The lowest BCUT2D eigenvalue weighted by atomic mass is 9.96. The smallest absolute Gasteiger partial charge is 0.225 e. The zero-order valence-corrected chi connectivity index (χ0v) is 12.3. The molecule has 1 aliphatic rings. The quantitative estimate of drug-likeness (QED) is 0.900. The summed E-state index contributed by atoms with van der Waals surface area (Å²) in [6, 6.07) is 8.12. The molecule has 1 aliphatic heterocycles. The highest BCUT2D eigenvalue weighted by molar-refractivity contribution is 9.10. The number of hydrogen-bond acceptors (Lipinski definition) is 2. The minimum Gasteiger partial charge on any atom is -0.349 e. The lowest BCUT2D eigenvalue weighted by molar-refractivity contribution is -0.126. The van der Waals surface area contributed by atoms with Gasteiger partial charge in [-0.2, -0.15) is 0 Å². The lowest BCUT2D eigenvalue weighted by Gasteiger charge is -2.19. The van der Waals surface area contributed by atoms with Gasteiger partial charge >= 0.3 is 0 Å². The first-order chi connectivity index (χ1) is 8.58. The summed E-state index contributed by atoms with van der Waals surface area (Å²) in [5.41, 5.74) is 1.13. The van der Waals surface area contributed by atoms with Crippen LogP contribution < -0.4 is 10.6 Å². The van der Waals surface area contributed by atoms with Crippen molar-refractivity contribution in [3.05, 3.63) is 34.3 Å². The van der Waals surface area contributed by atoms with Gasteiger partial charge < -0.3 is 10.6 Å². The van der Waals surface area contributed by atoms with E-state index >= 15 is 0 Å². The molecule has 0 saturated carbocycles. The molecule has 1 aromatic carbocycles. The zero-order valence-electron chi connectivity index (χ0n) is 10.7. The van der Waals surface area contributed by atoms with E-state index in [2.05, 4.69) is 33.5 Å². The van der Waals surface area contributed by atoms with E-state index in [1.807, 2.05) is 31.2 Å². The molecule has 0 bridgehead atoms. The molecule has 0 radical (unpaired) electrons. The molecule has 2 N–H and O–H groups in total. The van der Waals surface area contributed by atoms with Crippen molar-refractivity contribution in [2.45, 2.75) is 19.9 Å². The number of benzene rings is 1. The summed E-state index contributed by atoms with van der Waals surface area (Å²) in [5.74, 6) is 0.674. The van der Waals surface area contributed by atoms with Crippen molar-refractivity contribution < 1.29 is 4.79 Å². The standard InChI is InChI=1S/C14H19BrN2O/c1-9-7-16-8-13(9)14(18)17-10(2)11-3-5-12(15)6-4-11/h3-6,9-10,13,16H,7-8H2,1-2H3,(H,17,18)/t9?,10-,13?/m0/s1. The predicted molar refractivity (Wildman–Crippen MR) is 76.2 cm³/mol. The molecule has 3 nitrogen and oxygen atoms in total. The molecule has 1 heterocycles. The molecule has 1 saturated heterocycles. The highest BCUT2D eigenvalue weighted by atomic mass is 79.9. The van der Waals surface area contributed by atoms with Gasteiger partial charge in [-0.3, -0.25) is 4.79 Å². The lowest BCUT2D eigenvalue weighted by Crippen LogP contribution is -2.35. The van der Waals surface area contributed by atoms with Gasteiger partial charge in [-0.25, -0.2) is 0 Å². The number of hydrogen-bond donors (Lipinski definition) is 2. The van der Waals surface area contributed by atoms with Crippen molar-refractivity contribution >= 4 is 21.8 Å². The molecule has 2 unspecified atom stereocenters. The number of amides is 1. The van der Waals surface area contributed by atoms with Crippen molar-refractivity contribution in [2.75, 3.05) is 13.1 Å². The summed E-state index contributed by atoms with van der Waals surface area (Å²) in [4.78, 5) is 12.1. The van der Waals surface area contributed by atoms with E-state index in [4.69, 9.17) is 0 Å². The Morgan fingerprint density at radius 2 is 2.06 bits per heavy atom. The minimum atomic E-state index is 0.0541. The van der Waals surface area contributed by atoms with E-state index in [-0.39, 0.29) is 17.9 Å². The summed E-state index contributed by atoms with van der Waals surface area (Å²) in [6.07, 6.45) is 0. The van der Waals surface area contributed by atoms with Crippen LogP contribution in [0, 0.1) is 11.8 Å². The molecule has 1 fully saturated rings. The van der Waals surface area contributed by atoms with Crippen LogP contribution >= 0.6 is 15.9 Å². The van der Waals surface area contributed by atoms with Crippen LogP contribution in [0.25, 0.3) is 0 Å². The van der Waals surface area contributed by atoms with Gasteiger partial charge in [-0.05, 0) is 37.1 Å².